The Morgan fingerprint density at radius 1 is 0.660 bits per heavy atom. The van der Waals surface area contributed by atoms with Crippen LogP contribution >= 0.6 is 15.9 Å². The molecule has 0 fully saturated rings. The third-order valence-electron chi connectivity index (χ3n) is 9.44. The van der Waals surface area contributed by atoms with Gasteiger partial charge in [0.2, 0.25) is 0 Å². The van der Waals surface area contributed by atoms with E-state index in [1.807, 2.05) is 16.8 Å². The summed E-state index contributed by atoms with van der Waals surface area (Å²) in [6.45, 7) is 20.4. The van der Waals surface area contributed by atoms with Gasteiger partial charge in [0.1, 0.15) is 5.69 Å². The monoisotopic (exact) mass is 695 g/mol. The van der Waals surface area contributed by atoms with Crippen LogP contribution in [-0.2, 0) is 6.54 Å². The van der Waals surface area contributed by atoms with Gasteiger partial charge < -0.3 is 9.80 Å². The number of benzene rings is 3. The van der Waals surface area contributed by atoms with E-state index >= 15 is 0 Å². The molecule has 2 heterocycles. The van der Waals surface area contributed by atoms with E-state index in [0.29, 0.717) is 23.7 Å². The first-order chi connectivity index (χ1) is 22.5. The molecule has 0 radical (unpaired) electrons. The quantitative estimate of drug-likeness (QED) is 0.123. The molecule has 47 heavy (non-hydrogen) atoms. The van der Waals surface area contributed by atoms with Crippen LogP contribution in [0.2, 0.25) is 0 Å². The summed E-state index contributed by atoms with van der Waals surface area (Å²) >= 11 is 3.51. The zero-order valence-electron chi connectivity index (χ0n) is 29.8. The van der Waals surface area contributed by atoms with Crippen molar-refractivity contribution < 1.29 is 0 Å². The Bertz CT molecular complexity index is 1590. The number of unbranched alkanes of at least 4 members (excludes halogenated alkanes) is 3. The van der Waals surface area contributed by atoms with E-state index in [1.165, 1.54) is 58.6 Å². The minimum Gasteiger partial charge on any atom is -0.327 e. The number of anilines is 2. The molecule has 0 bridgehead atoms. The van der Waals surface area contributed by atoms with Gasteiger partial charge in [-0.15, -0.1) is 5.10 Å². The molecule has 0 N–H and O–H groups in total. The van der Waals surface area contributed by atoms with Gasteiger partial charge in [0, 0.05) is 39.9 Å². The number of para-hydroxylation sites is 2. The number of nitrogens with zero attached hydrogens (tertiary/aromatic N) is 5. The molecule has 0 aliphatic carbocycles. The molecule has 0 amide bonds. The van der Waals surface area contributed by atoms with Gasteiger partial charge in [-0.2, -0.15) is 0 Å². The number of allylic oxidation sites excluding steroid dienone is 1. The molecule has 6 heteroatoms. The third kappa shape index (κ3) is 8.20. The van der Waals surface area contributed by atoms with Crippen LogP contribution in [0.1, 0.15) is 133 Å². The van der Waals surface area contributed by atoms with Gasteiger partial charge >= 0.3 is 0 Å². The highest BCUT2D eigenvalue weighted by atomic mass is 79.9. The molecule has 3 aromatic carbocycles. The summed E-state index contributed by atoms with van der Waals surface area (Å²) in [7, 11) is 0. The Kier molecular flexibility index (Phi) is 11.7. The first-order valence-electron chi connectivity index (χ1n) is 17.7. The average molecular weight is 697 g/mol. The third-order valence-corrected chi connectivity index (χ3v) is 9.96. The molecular weight excluding hydrogens is 642 g/mol. The lowest BCUT2D eigenvalue weighted by Gasteiger charge is -2.32. The first kappa shape index (κ1) is 34.9. The van der Waals surface area contributed by atoms with Crippen molar-refractivity contribution in [3.8, 4) is 11.3 Å². The molecule has 5 rings (SSSR count). The summed E-state index contributed by atoms with van der Waals surface area (Å²) in [6, 6.07) is 22.1. The summed E-state index contributed by atoms with van der Waals surface area (Å²) in [5, 5.41) is 8.80. The number of rotatable bonds is 14. The maximum absolute atomic E-state index is 4.41. The van der Waals surface area contributed by atoms with Crippen molar-refractivity contribution in [2.75, 3.05) is 16.5 Å². The van der Waals surface area contributed by atoms with Gasteiger partial charge in [-0.1, -0.05) is 138 Å². The van der Waals surface area contributed by atoms with E-state index in [0.717, 1.165) is 41.8 Å². The summed E-state index contributed by atoms with van der Waals surface area (Å²) in [5.74, 6) is 1.82. The Morgan fingerprint density at radius 3 is 1.74 bits per heavy atom. The normalized spacial score (nSPS) is 13.6. The number of hydrogen-bond donors (Lipinski definition) is 0. The van der Waals surface area contributed by atoms with Crippen LogP contribution in [0.15, 0.2) is 83.2 Å². The summed E-state index contributed by atoms with van der Waals surface area (Å²) in [5.41, 5.74) is 12.0. The zero-order valence-corrected chi connectivity index (χ0v) is 31.4. The molecule has 5 nitrogen and oxygen atoms in total. The fraction of sp³-hybridized carbons (Fsp3) is 0.463. The smallest absolute Gasteiger partial charge is 0.113 e. The SMILES string of the molecule is CC(C)c1cccc(C(C)C)c1N1C=C(CCCCCCn2cc(-c3ccc(Br)cc3)nn2)N(c2c(C(C)C)cccc2C(C)C)C1. The van der Waals surface area contributed by atoms with Crippen LogP contribution in [0.25, 0.3) is 11.3 Å². The van der Waals surface area contributed by atoms with E-state index < -0.39 is 0 Å². The maximum Gasteiger partial charge on any atom is 0.113 e. The Hall–Kier alpha value is -3.38. The fourth-order valence-corrected chi connectivity index (χ4v) is 7.11. The van der Waals surface area contributed by atoms with Gasteiger partial charge in [-0.25, -0.2) is 0 Å². The van der Waals surface area contributed by atoms with E-state index in [1.54, 1.807) is 0 Å². The van der Waals surface area contributed by atoms with Crippen LogP contribution in [0.3, 0.4) is 0 Å². The van der Waals surface area contributed by atoms with Crippen molar-refractivity contribution in [1.29, 1.82) is 0 Å². The summed E-state index contributed by atoms with van der Waals surface area (Å²) in [6.07, 6.45) is 10.3. The minimum absolute atomic E-state index is 0.453. The molecule has 0 atom stereocenters. The molecule has 250 valence electrons. The first-order valence-corrected chi connectivity index (χ1v) is 18.5. The minimum atomic E-state index is 0.453. The summed E-state index contributed by atoms with van der Waals surface area (Å²) in [4.78, 5) is 5.22. The van der Waals surface area contributed by atoms with E-state index in [4.69, 9.17) is 0 Å². The second-order valence-electron chi connectivity index (χ2n) is 14.4. The van der Waals surface area contributed by atoms with Gasteiger partial charge in [0.05, 0.1) is 12.9 Å². The highest BCUT2D eigenvalue weighted by Gasteiger charge is 2.30. The Morgan fingerprint density at radius 2 is 1.19 bits per heavy atom. The standard InChI is InChI=1S/C41H54BrN5/c1-28(2)35-16-13-17-36(29(3)4)40(35)45-25-34(47(27-45)41-37(30(5)6)18-14-19-38(41)31(7)8)15-11-9-10-12-24-46-26-39(43-44-46)32-20-22-33(42)23-21-32/h13-14,16-23,25-26,28-31H,9-12,15,24,27H2,1-8H3. The highest BCUT2D eigenvalue weighted by molar-refractivity contribution is 9.10. The molecule has 0 saturated carbocycles. The van der Waals surface area contributed by atoms with Gasteiger partial charge in [0.25, 0.3) is 0 Å². The molecule has 0 unspecified atom stereocenters. The highest BCUT2D eigenvalue weighted by Crippen LogP contribution is 2.43. The number of aryl methyl sites for hydroxylation is 1. The topological polar surface area (TPSA) is 37.2 Å². The molecule has 1 aliphatic heterocycles. The second-order valence-corrected chi connectivity index (χ2v) is 15.3. The molecular formula is C41H54BrN5. The lowest BCUT2D eigenvalue weighted by molar-refractivity contribution is 0.522. The van der Waals surface area contributed by atoms with Crippen LogP contribution < -0.4 is 9.80 Å². The van der Waals surface area contributed by atoms with Crippen LogP contribution in [0, 0.1) is 0 Å². The van der Waals surface area contributed by atoms with Crippen molar-refractivity contribution >= 4 is 27.3 Å². The average Bonchev–Trinajstić information content (AvgIpc) is 3.69. The van der Waals surface area contributed by atoms with Crippen LogP contribution in [-0.4, -0.2) is 21.7 Å². The second kappa shape index (κ2) is 15.7. The van der Waals surface area contributed by atoms with Crippen molar-refractivity contribution in [1.82, 2.24) is 15.0 Å². The predicted octanol–water partition coefficient (Wildman–Crippen LogP) is 12.0. The fourth-order valence-electron chi connectivity index (χ4n) is 6.84. The largest absolute Gasteiger partial charge is 0.327 e. The van der Waals surface area contributed by atoms with E-state index in [9.17, 15) is 0 Å². The molecule has 0 spiro atoms. The van der Waals surface area contributed by atoms with Crippen LogP contribution in [0.5, 0.6) is 0 Å². The number of hydrogen-bond acceptors (Lipinski definition) is 4. The zero-order chi connectivity index (χ0) is 33.7. The number of halogens is 1. The Labute approximate surface area is 292 Å². The predicted molar refractivity (Wildman–Crippen MR) is 203 cm³/mol. The van der Waals surface area contributed by atoms with Crippen molar-refractivity contribution in [2.24, 2.45) is 0 Å². The van der Waals surface area contributed by atoms with Crippen LogP contribution in [0.4, 0.5) is 11.4 Å². The van der Waals surface area contributed by atoms with E-state index in [-0.39, 0.29) is 0 Å². The Balaban J connectivity index is 1.34. The lowest BCUT2D eigenvalue weighted by atomic mass is 9.91. The van der Waals surface area contributed by atoms with Gasteiger partial charge in [0.15, 0.2) is 0 Å². The molecule has 4 aromatic rings. The van der Waals surface area contributed by atoms with E-state index in [2.05, 4.69) is 152 Å². The molecule has 0 saturated heterocycles. The molecule has 1 aromatic heterocycles. The number of aromatic nitrogens is 3. The molecule has 1 aliphatic rings. The van der Waals surface area contributed by atoms with Crippen molar-refractivity contribution in [2.45, 2.75) is 118 Å². The lowest BCUT2D eigenvalue weighted by Crippen LogP contribution is -2.30. The summed E-state index contributed by atoms with van der Waals surface area (Å²) < 4.78 is 3.06. The van der Waals surface area contributed by atoms with Gasteiger partial charge in [-0.3, -0.25) is 4.68 Å². The van der Waals surface area contributed by atoms with Crippen molar-refractivity contribution in [3.05, 3.63) is 105 Å². The van der Waals surface area contributed by atoms with Gasteiger partial charge in [-0.05, 0) is 77.3 Å². The van der Waals surface area contributed by atoms with Crippen molar-refractivity contribution in [3.63, 3.8) is 0 Å². The maximum atomic E-state index is 4.41.